The third-order valence-electron chi connectivity index (χ3n) is 6.72. The van der Waals surface area contributed by atoms with Gasteiger partial charge in [-0.15, -0.1) is 0 Å². The van der Waals surface area contributed by atoms with E-state index in [0.29, 0.717) is 30.8 Å². The molecule has 1 unspecified atom stereocenters. The van der Waals surface area contributed by atoms with E-state index in [0.717, 1.165) is 18.4 Å². The summed E-state index contributed by atoms with van der Waals surface area (Å²) in [6, 6.07) is 10.0. The van der Waals surface area contributed by atoms with Crippen molar-refractivity contribution in [2.45, 2.75) is 71.6 Å². The zero-order chi connectivity index (χ0) is 19.6. The lowest BCUT2D eigenvalue weighted by Crippen LogP contribution is -2.45. The van der Waals surface area contributed by atoms with E-state index in [-0.39, 0.29) is 23.6 Å². The molecule has 6 atom stereocenters. The molecule has 1 aliphatic heterocycles. The highest BCUT2D eigenvalue weighted by Gasteiger charge is 2.58. The van der Waals surface area contributed by atoms with Crippen LogP contribution in [0.2, 0.25) is 0 Å². The number of carbonyl (C=O) groups excluding carboxylic acids is 1. The Labute approximate surface area is 163 Å². The fourth-order valence-electron chi connectivity index (χ4n) is 5.16. The van der Waals surface area contributed by atoms with Crippen molar-refractivity contribution < 1.29 is 19.0 Å². The molecule has 150 valence electrons. The molecule has 2 bridgehead atoms. The maximum atomic E-state index is 12.3. The molecule has 0 amide bonds. The molecule has 2 fully saturated rings. The smallest absolute Gasteiger partial charge is 0.161 e. The highest BCUT2D eigenvalue weighted by atomic mass is 16.7. The largest absolute Gasteiger partial charge is 0.366 e. The molecule has 2 aliphatic rings. The van der Waals surface area contributed by atoms with E-state index in [4.69, 9.17) is 14.2 Å². The molecular weight excluding hydrogens is 340 g/mol. The summed E-state index contributed by atoms with van der Waals surface area (Å²) in [6.07, 6.45) is 2.29. The van der Waals surface area contributed by atoms with Gasteiger partial charge in [-0.05, 0) is 56.4 Å². The van der Waals surface area contributed by atoms with Gasteiger partial charge < -0.3 is 14.2 Å². The number of methoxy groups -OCH3 is 1. The minimum atomic E-state index is -0.401. The molecular formula is C23H34O4. The standard InChI is InChI=1S/C23H34O4/c1-15(2)18-11-12-23(4)19(21(18)22(25-5)27-23)13-20(16(3)24)26-14-17-9-7-6-8-10-17/h6-10,15,18-22H,11-14H2,1-5H3/t18-,19-,20?,21-,22-,23-/m1/s1. The van der Waals surface area contributed by atoms with Gasteiger partial charge in [0.05, 0.1) is 12.2 Å². The second-order valence-corrected chi connectivity index (χ2v) is 8.80. The van der Waals surface area contributed by atoms with E-state index in [1.165, 1.54) is 0 Å². The van der Waals surface area contributed by atoms with Crippen molar-refractivity contribution in [3.63, 3.8) is 0 Å². The number of benzene rings is 1. The van der Waals surface area contributed by atoms with Crippen molar-refractivity contribution in [2.75, 3.05) is 7.11 Å². The van der Waals surface area contributed by atoms with Crippen LogP contribution in [0.4, 0.5) is 0 Å². The highest BCUT2D eigenvalue weighted by Crippen LogP contribution is 2.56. The van der Waals surface area contributed by atoms with Gasteiger partial charge in [0, 0.05) is 13.0 Å². The zero-order valence-corrected chi connectivity index (χ0v) is 17.3. The van der Waals surface area contributed by atoms with Crippen LogP contribution in [0.1, 0.15) is 52.5 Å². The lowest BCUT2D eigenvalue weighted by atomic mass is 9.62. The Morgan fingerprint density at radius 2 is 2.00 bits per heavy atom. The van der Waals surface area contributed by atoms with E-state index < -0.39 is 6.10 Å². The van der Waals surface area contributed by atoms with Crippen molar-refractivity contribution in [1.29, 1.82) is 0 Å². The molecule has 0 radical (unpaired) electrons. The van der Waals surface area contributed by atoms with Crippen LogP contribution in [0, 0.1) is 23.7 Å². The van der Waals surface area contributed by atoms with Crippen LogP contribution in [-0.2, 0) is 25.6 Å². The third-order valence-corrected chi connectivity index (χ3v) is 6.72. The number of Topliss-reactive ketones (excluding diaryl/α,β-unsaturated/α-hetero) is 1. The van der Waals surface area contributed by atoms with Crippen LogP contribution in [0.3, 0.4) is 0 Å². The minimum absolute atomic E-state index is 0.0922. The van der Waals surface area contributed by atoms with Gasteiger partial charge in [-0.1, -0.05) is 44.2 Å². The van der Waals surface area contributed by atoms with Gasteiger partial charge in [0.15, 0.2) is 12.1 Å². The van der Waals surface area contributed by atoms with E-state index >= 15 is 0 Å². The average Bonchev–Trinajstić information content (AvgIpc) is 2.81. The molecule has 27 heavy (non-hydrogen) atoms. The summed E-state index contributed by atoms with van der Waals surface area (Å²) in [7, 11) is 1.73. The van der Waals surface area contributed by atoms with Gasteiger partial charge in [0.2, 0.25) is 0 Å². The summed E-state index contributed by atoms with van der Waals surface area (Å²) >= 11 is 0. The van der Waals surface area contributed by atoms with E-state index in [2.05, 4.69) is 20.8 Å². The van der Waals surface area contributed by atoms with Crippen LogP contribution in [0.5, 0.6) is 0 Å². The predicted molar refractivity (Wildman–Crippen MR) is 105 cm³/mol. The van der Waals surface area contributed by atoms with Crippen LogP contribution in [-0.4, -0.2) is 30.9 Å². The van der Waals surface area contributed by atoms with Crippen molar-refractivity contribution in [1.82, 2.24) is 0 Å². The average molecular weight is 375 g/mol. The van der Waals surface area contributed by atoms with Crippen molar-refractivity contribution in [3.05, 3.63) is 35.9 Å². The number of carbonyl (C=O) groups is 1. The number of rotatable bonds is 8. The number of ether oxygens (including phenoxy) is 3. The van der Waals surface area contributed by atoms with Crippen molar-refractivity contribution >= 4 is 5.78 Å². The van der Waals surface area contributed by atoms with E-state index in [1.54, 1.807) is 14.0 Å². The second-order valence-electron chi connectivity index (χ2n) is 8.80. The molecule has 0 spiro atoms. The highest BCUT2D eigenvalue weighted by molar-refractivity contribution is 5.80. The van der Waals surface area contributed by atoms with Crippen molar-refractivity contribution in [3.8, 4) is 0 Å². The molecule has 1 saturated carbocycles. The second kappa shape index (κ2) is 8.42. The summed E-state index contributed by atoms with van der Waals surface area (Å²) in [5.41, 5.74) is 0.855. The normalized spacial score (nSPS) is 34.0. The van der Waals surface area contributed by atoms with Crippen LogP contribution >= 0.6 is 0 Å². The molecule has 0 N–H and O–H groups in total. The minimum Gasteiger partial charge on any atom is -0.366 e. The van der Waals surface area contributed by atoms with Gasteiger partial charge >= 0.3 is 0 Å². The van der Waals surface area contributed by atoms with Gasteiger partial charge in [-0.3, -0.25) is 4.79 Å². The van der Waals surface area contributed by atoms with Crippen LogP contribution < -0.4 is 0 Å². The first-order valence-corrected chi connectivity index (χ1v) is 10.2. The molecule has 3 rings (SSSR count). The van der Waals surface area contributed by atoms with Crippen molar-refractivity contribution in [2.24, 2.45) is 23.7 Å². The Balaban J connectivity index is 1.76. The van der Waals surface area contributed by atoms with Crippen LogP contribution in [0.15, 0.2) is 30.3 Å². The molecule has 0 aromatic heterocycles. The van der Waals surface area contributed by atoms with E-state index in [1.807, 2.05) is 30.3 Å². The molecule has 4 heteroatoms. The maximum absolute atomic E-state index is 12.3. The Morgan fingerprint density at radius 3 is 2.59 bits per heavy atom. The monoisotopic (exact) mass is 374 g/mol. The Hall–Kier alpha value is -1.23. The first kappa shape index (κ1) is 20.5. The molecule has 1 aliphatic carbocycles. The van der Waals surface area contributed by atoms with Gasteiger partial charge in [0.25, 0.3) is 0 Å². The summed E-state index contributed by atoms with van der Waals surface area (Å²) in [4.78, 5) is 12.3. The predicted octanol–water partition coefficient (Wildman–Crippen LogP) is 4.61. The van der Waals surface area contributed by atoms with E-state index in [9.17, 15) is 4.79 Å². The summed E-state index contributed by atoms with van der Waals surface area (Å²) in [5.74, 6) is 1.80. The maximum Gasteiger partial charge on any atom is 0.161 e. The zero-order valence-electron chi connectivity index (χ0n) is 17.3. The number of fused-ring (bicyclic) bond motifs is 2. The van der Waals surface area contributed by atoms with Gasteiger partial charge in [0.1, 0.15) is 6.10 Å². The molecule has 1 aromatic rings. The summed E-state index contributed by atoms with van der Waals surface area (Å²) in [6.45, 7) is 8.85. The van der Waals surface area contributed by atoms with Crippen LogP contribution in [0.25, 0.3) is 0 Å². The number of ketones is 1. The molecule has 1 saturated heterocycles. The Morgan fingerprint density at radius 1 is 1.30 bits per heavy atom. The first-order chi connectivity index (χ1) is 12.9. The topological polar surface area (TPSA) is 44.8 Å². The molecule has 4 nitrogen and oxygen atoms in total. The molecule has 1 heterocycles. The SMILES string of the molecule is CO[C@@H]1O[C@]2(C)CC[C@H](C(C)C)[C@@H]1[C@H]2CC(OCc1ccccc1)C(C)=O. The van der Waals surface area contributed by atoms with Gasteiger partial charge in [-0.25, -0.2) is 0 Å². The summed E-state index contributed by atoms with van der Waals surface area (Å²) in [5, 5.41) is 0. The summed E-state index contributed by atoms with van der Waals surface area (Å²) < 4.78 is 18.2. The lowest BCUT2D eigenvalue weighted by molar-refractivity contribution is -0.159. The fourth-order valence-corrected chi connectivity index (χ4v) is 5.16. The quantitative estimate of drug-likeness (QED) is 0.666. The Kier molecular flexibility index (Phi) is 6.39. The first-order valence-electron chi connectivity index (χ1n) is 10.2. The number of hydrogen-bond acceptors (Lipinski definition) is 4. The Bertz CT molecular complexity index is 629. The molecule has 1 aromatic carbocycles. The lowest BCUT2D eigenvalue weighted by Gasteiger charge is -2.43. The van der Waals surface area contributed by atoms with Gasteiger partial charge in [-0.2, -0.15) is 0 Å². The third kappa shape index (κ3) is 4.28. The fraction of sp³-hybridized carbons (Fsp3) is 0.696. The number of hydrogen-bond donors (Lipinski definition) is 0.